The van der Waals surface area contributed by atoms with E-state index < -0.39 is 0 Å². The van der Waals surface area contributed by atoms with Gasteiger partial charge in [0.05, 0.1) is 11.1 Å². The maximum absolute atomic E-state index is 8.55. The van der Waals surface area contributed by atoms with E-state index in [1.165, 1.54) is 0 Å². The summed E-state index contributed by atoms with van der Waals surface area (Å²) in [5, 5.41) is 8.55. The molecule has 1 aromatic carbocycles. The predicted molar refractivity (Wildman–Crippen MR) is 55.8 cm³/mol. The van der Waals surface area contributed by atoms with Gasteiger partial charge in [0.25, 0.3) is 0 Å². The fourth-order valence-electron chi connectivity index (χ4n) is 0.877. The van der Waals surface area contributed by atoms with Crippen molar-refractivity contribution >= 4 is 21.6 Å². The summed E-state index contributed by atoms with van der Waals surface area (Å²) in [7, 11) is 0. The minimum Gasteiger partial charge on any atom is -0.492 e. The van der Waals surface area contributed by atoms with Crippen LogP contribution in [-0.4, -0.2) is 18.3 Å². The Labute approximate surface area is 85.6 Å². The molecule has 0 fully saturated rings. The van der Waals surface area contributed by atoms with Crippen LogP contribution in [0.15, 0.2) is 22.7 Å². The Hall–Kier alpha value is -0.740. The summed E-state index contributed by atoms with van der Waals surface area (Å²) >= 11 is 3.34. The molecule has 3 nitrogen and oxygen atoms in total. The number of hydrogen-bond acceptors (Lipinski definition) is 3. The highest BCUT2D eigenvalue weighted by Gasteiger charge is 2.00. The largest absolute Gasteiger partial charge is 0.492 e. The summed E-state index contributed by atoms with van der Waals surface area (Å²) in [5.74, 6) is 0.716. The molecular weight excluding hydrogens is 234 g/mol. The average molecular weight is 246 g/mol. The van der Waals surface area contributed by atoms with Crippen molar-refractivity contribution in [3.8, 4) is 5.75 Å². The van der Waals surface area contributed by atoms with E-state index in [0.717, 1.165) is 4.47 Å². The molecule has 0 unspecified atom stereocenters. The molecule has 0 aliphatic rings. The Morgan fingerprint density at radius 3 is 2.92 bits per heavy atom. The van der Waals surface area contributed by atoms with E-state index in [9.17, 15) is 0 Å². The third-order valence-corrected chi connectivity index (χ3v) is 2.17. The standard InChI is InChI=1S/C9H12BrNO2/c10-8-3-2-7(11)6-9(8)13-5-1-4-12/h2-3,6,12H,1,4-5,11H2. The first-order valence-corrected chi connectivity index (χ1v) is 4.82. The van der Waals surface area contributed by atoms with Crippen molar-refractivity contribution in [1.82, 2.24) is 0 Å². The minimum absolute atomic E-state index is 0.139. The van der Waals surface area contributed by atoms with Gasteiger partial charge < -0.3 is 15.6 Å². The van der Waals surface area contributed by atoms with Gasteiger partial charge in [0.2, 0.25) is 0 Å². The zero-order valence-electron chi connectivity index (χ0n) is 7.16. The Bertz CT molecular complexity index is 278. The van der Waals surface area contributed by atoms with Crippen LogP contribution in [0.1, 0.15) is 6.42 Å². The Morgan fingerprint density at radius 2 is 2.23 bits per heavy atom. The molecule has 0 saturated heterocycles. The quantitative estimate of drug-likeness (QED) is 0.629. The molecule has 0 spiro atoms. The second-order valence-electron chi connectivity index (χ2n) is 2.62. The molecular formula is C9H12BrNO2. The highest BCUT2D eigenvalue weighted by molar-refractivity contribution is 9.10. The fourth-order valence-corrected chi connectivity index (χ4v) is 1.24. The summed E-state index contributed by atoms with van der Waals surface area (Å²) in [6, 6.07) is 5.38. The first-order valence-electron chi connectivity index (χ1n) is 4.02. The molecule has 0 amide bonds. The Morgan fingerprint density at radius 1 is 1.46 bits per heavy atom. The van der Waals surface area contributed by atoms with E-state index in [2.05, 4.69) is 15.9 Å². The number of aliphatic hydroxyl groups excluding tert-OH is 1. The van der Waals surface area contributed by atoms with Crippen molar-refractivity contribution in [1.29, 1.82) is 0 Å². The minimum atomic E-state index is 0.139. The van der Waals surface area contributed by atoms with Gasteiger partial charge in [-0.3, -0.25) is 0 Å². The summed E-state index contributed by atoms with van der Waals surface area (Å²) < 4.78 is 6.25. The molecule has 13 heavy (non-hydrogen) atoms. The second kappa shape index (κ2) is 5.09. The first kappa shape index (κ1) is 10.3. The van der Waals surface area contributed by atoms with Crippen molar-refractivity contribution in [2.45, 2.75) is 6.42 Å². The monoisotopic (exact) mass is 245 g/mol. The lowest BCUT2D eigenvalue weighted by Gasteiger charge is -2.07. The third kappa shape index (κ3) is 3.24. The van der Waals surface area contributed by atoms with E-state index in [-0.39, 0.29) is 6.61 Å². The molecule has 1 rings (SSSR count). The zero-order valence-corrected chi connectivity index (χ0v) is 8.75. The first-order chi connectivity index (χ1) is 6.24. The lowest BCUT2D eigenvalue weighted by Crippen LogP contribution is -2.00. The average Bonchev–Trinajstić information content (AvgIpc) is 2.11. The van der Waals surface area contributed by atoms with Crippen LogP contribution in [0.3, 0.4) is 0 Å². The van der Waals surface area contributed by atoms with Gasteiger partial charge in [0.1, 0.15) is 5.75 Å². The number of aliphatic hydroxyl groups is 1. The number of nitrogen functional groups attached to an aromatic ring is 1. The molecule has 0 saturated carbocycles. The number of halogens is 1. The van der Waals surface area contributed by atoms with Crippen LogP contribution in [0.5, 0.6) is 5.75 Å². The molecule has 0 aromatic heterocycles. The zero-order chi connectivity index (χ0) is 9.68. The van der Waals surface area contributed by atoms with Crippen molar-refractivity contribution in [3.63, 3.8) is 0 Å². The highest BCUT2D eigenvalue weighted by atomic mass is 79.9. The van der Waals surface area contributed by atoms with Crippen LogP contribution < -0.4 is 10.5 Å². The summed E-state index contributed by atoms with van der Waals surface area (Å²) in [6.45, 7) is 0.637. The number of rotatable bonds is 4. The number of hydrogen-bond donors (Lipinski definition) is 2. The second-order valence-corrected chi connectivity index (χ2v) is 3.47. The van der Waals surface area contributed by atoms with E-state index in [1.807, 2.05) is 6.07 Å². The smallest absolute Gasteiger partial charge is 0.135 e. The molecule has 0 aliphatic carbocycles. The normalized spacial score (nSPS) is 10.0. The van der Waals surface area contributed by atoms with Crippen molar-refractivity contribution in [3.05, 3.63) is 22.7 Å². The van der Waals surface area contributed by atoms with Crippen LogP contribution in [-0.2, 0) is 0 Å². The van der Waals surface area contributed by atoms with Gasteiger partial charge in [-0.2, -0.15) is 0 Å². The fraction of sp³-hybridized carbons (Fsp3) is 0.333. The molecule has 72 valence electrons. The SMILES string of the molecule is Nc1ccc(Br)c(OCCCO)c1. The lowest BCUT2D eigenvalue weighted by molar-refractivity contribution is 0.233. The van der Waals surface area contributed by atoms with Crippen molar-refractivity contribution in [2.24, 2.45) is 0 Å². The summed E-state index contributed by atoms with van der Waals surface area (Å²) in [6.07, 6.45) is 0.626. The molecule has 0 atom stereocenters. The molecule has 0 aliphatic heterocycles. The van der Waals surface area contributed by atoms with Gasteiger partial charge in [-0.15, -0.1) is 0 Å². The van der Waals surface area contributed by atoms with E-state index in [4.69, 9.17) is 15.6 Å². The molecule has 4 heteroatoms. The molecule has 0 bridgehead atoms. The molecule has 0 heterocycles. The van der Waals surface area contributed by atoms with Crippen molar-refractivity contribution < 1.29 is 9.84 Å². The van der Waals surface area contributed by atoms with Gasteiger partial charge in [-0.05, 0) is 28.1 Å². The van der Waals surface area contributed by atoms with E-state index in [0.29, 0.717) is 24.5 Å². The number of nitrogens with two attached hydrogens (primary N) is 1. The molecule has 0 radical (unpaired) electrons. The Balaban J connectivity index is 2.59. The maximum Gasteiger partial charge on any atom is 0.135 e. The highest BCUT2D eigenvalue weighted by Crippen LogP contribution is 2.26. The van der Waals surface area contributed by atoms with Gasteiger partial charge >= 0.3 is 0 Å². The third-order valence-electron chi connectivity index (χ3n) is 1.52. The predicted octanol–water partition coefficient (Wildman–Crippen LogP) is 1.79. The summed E-state index contributed by atoms with van der Waals surface area (Å²) in [5.41, 5.74) is 6.25. The maximum atomic E-state index is 8.55. The number of anilines is 1. The van der Waals surface area contributed by atoms with E-state index in [1.54, 1.807) is 12.1 Å². The van der Waals surface area contributed by atoms with E-state index >= 15 is 0 Å². The van der Waals surface area contributed by atoms with Crippen LogP contribution in [0.25, 0.3) is 0 Å². The number of benzene rings is 1. The van der Waals surface area contributed by atoms with Gasteiger partial charge in [0, 0.05) is 24.8 Å². The van der Waals surface area contributed by atoms with Gasteiger partial charge in [-0.1, -0.05) is 0 Å². The van der Waals surface area contributed by atoms with Crippen molar-refractivity contribution in [2.75, 3.05) is 18.9 Å². The molecule has 3 N–H and O–H groups in total. The van der Waals surface area contributed by atoms with Crippen LogP contribution in [0, 0.1) is 0 Å². The van der Waals surface area contributed by atoms with Crippen LogP contribution in [0.4, 0.5) is 5.69 Å². The van der Waals surface area contributed by atoms with Gasteiger partial charge in [0.15, 0.2) is 0 Å². The number of ether oxygens (including phenoxy) is 1. The topological polar surface area (TPSA) is 55.5 Å². The van der Waals surface area contributed by atoms with Crippen LogP contribution >= 0.6 is 15.9 Å². The van der Waals surface area contributed by atoms with Crippen LogP contribution in [0.2, 0.25) is 0 Å². The van der Waals surface area contributed by atoms with Gasteiger partial charge in [-0.25, -0.2) is 0 Å². The molecule has 1 aromatic rings. The lowest BCUT2D eigenvalue weighted by atomic mass is 10.3. The summed E-state index contributed by atoms with van der Waals surface area (Å²) in [4.78, 5) is 0. The Kier molecular flexibility index (Phi) is 4.05.